The molecule has 0 bridgehead atoms. The van der Waals surface area contributed by atoms with E-state index in [1.807, 2.05) is 45.0 Å². The Morgan fingerprint density at radius 2 is 2.00 bits per heavy atom. The van der Waals surface area contributed by atoms with Crippen LogP contribution in [0.4, 0.5) is 0 Å². The predicted octanol–water partition coefficient (Wildman–Crippen LogP) is 2.00. The summed E-state index contributed by atoms with van der Waals surface area (Å²) in [7, 11) is 0. The van der Waals surface area contributed by atoms with Crippen LogP contribution in [0.1, 0.15) is 43.2 Å². The van der Waals surface area contributed by atoms with Crippen LogP contribution in [-0.4, -0.2) is 32.9 Å². The molecule has 3 N–H and O–H groups in total. The van der Waals surface area contributed by atoms with Gasteiger partial charge in [0, 0.05) is 12.6 Å². The molecule has 0 spiro atoms. The fourth-order valence-corrected chi connectivity index (χ4v) is 2.37. The molecule has 2 aromatic rings. The molecule has 24 heavy (non-hydrogen) atoms. The van der Waals surface area contributed by atoms with Crippen LogP contribution in [0.3, 0.4) is 0 Å². The highest BCUT2D eigenvalue weighted by Gasteiger charge is 2.27. The number of rotatable bonds is 6. The first-order valence-electron chi connectivity index (χ1n) is 8.14. The minimum absolute atomic E-state index is 0.0500. The Labute approximate surface area is 141 Å². The second-order valence-corrected chi connectivity index (χ2v) is 6.53. The number of hydrogen-bond acceptors (Lipinski definition) is 3. The summed E-state index contributed by atoms with van der Waals surface area (Å²) in [6.45, 7) is 7.70. The minimum Gasteiger partial charge on any atom is -0.388 e. The molecule has 1 aromatic heterocycles. The van der Waals surface area contributed by atoms with Gasteiger partial charge in [0.1, 0.15) is 5.69 Å². The van der Waals surface area contributed by atoms with Crippen molar-refractivity contribution in [3.63, 3.8) is 0 Å². The van der Waals surface area contributed by atoms with Gasteiger partial charge in [-0.15, -0.1) is 0 Å². The second kappa shape index (κ2) is 7.05. The molecule has 0 fully saturated rings. The third-order valence-electron chi connectivity index (χ3n) is 4.54. The fraction of sp³-hybridized carbons (Fsp3) is 0.444. The number of nitrogens with zero attached hydrogens (tertiary/aromatic N) is 1. The summed E-state index contributed by atoms with van der Waals surface area (Å²) in [5, 5.41) is 15.8. The molecule has 0 saturated heterocycles. The lowest BCUT2D eigenvalue weighted by Crippen LogP contribution is -2.45. The Kier molecular flexibility index (Phi) is 5.29. The zero-order valence-corrected chi connectivity index (χ0v) is 14.6. The lowest BCUT2D eigenvalue weighted by molar-refractivity contribution is 0.00587. The highest BCUT2D eigenvalue weighted by atomic mass is 16.3. The number of benzene rings is 1. The van der Waals surface area contributed by atoms with Crippen molar-refractivity contribution in [3.05, 3.63) is 51.9 Å². The smallest absolute Gasteiger partial charge is 0.271 e. The minimum atomic E-state index is -0.996. The maximum absolute atomic E-state index is 12.2. The first kappa shape index (κ1) is 18.0. The van der Waals surface area contributed by atoms with Crippen LogP contribution in [0.25, 0.3) is 5.69 Å². The molecule has 2 atom stereocenters. The van der Waals surface area contributed by atoms with Gasteiger partial charge in [-0.1, -0.05) is 38.0 Å². The summed E-state index contributed by atoms with van der Waals surface area (Å²) in [5.74, 6) is -0.365. The molecule has 130 valence electrons. The van der Waals surface area contributed by atoms with E-state index in [-0.39, 0.29) is 23.7 Å². The monoisotopic (exact) mass is 331 g/mol. The van der Waals surface area contributed by atoms with Crippen LogP contribution in [0.5, 0.6) is 0 Å². The highest BCUT2D eigenvalue weighted by molar-refractivity contribution is 5.92. The average molecular weight is 331 g/mol. The van der Waals surface area contributed by atoms with Gasteiger partial charge in [-0.25, -0.2) is 4.68 Å². The number of aliphatic hydroxyl groups is 1. The van der Waals surface area contributed by atoms with Gasteiger partial charge >= 0.3 is 0 Å². The molecule has 0 radical (unpaired) electrons. The molecule has 2 rings (SSSR count). The molecule has 1 amide bonds. The third kappa shape index (κ3) is 3.94. The van der Waals surface area contributed by atoms with E-state index in [4.69, 9.17) is 0 Å². The molecule has 1 heterocycles. The molecule has 0 aliphatic carbocycles. The quantitative estimate of drug-likeness (QED) is 0.756. The topological polar surface area (TPSA) is 87.1 Å². The van der Waals surface area contributed by atoms with Gasteiger partial charge < -0.3 is 10.4 Å². The van der Waals surface area contributed by atoms with Crippen molar-refractivity contribution in [1.82, 2.24) is 15.1 Å². The number of nitrogens with one attached hydrogen (secondary N) is 2. The number of H-pyrrole nitrogens is 1. The Balaban J connectivity index is 2.13. The summed E-state index contributed by atoms with van der Waals surface area (Å²) in [4.78, 5) is 24.3. The zero-order valence-electron chi connectivity index (χ0n) is 14.6. The average Bonchev–Trinajstić information content (AvgIpc) is 2.94. The van der Waals surface area contributed by atoms with Crippen LogP contribution >= 0.6 is 0 Å². The lowest BCUT2D eigenvalue weighted by Gasteiger charge is -2.29. The van der Waals surface area contributed by atoms with E-state index in [1.54, 1.807) is 6.92 Å². The normalized spacial score (nSPS) is 14.9. The molecule has 0 aliphatic rings. The van der Waals surface area contributed by atoms with Crippen molar-refractivity contribution in [3.8, 4) is 5.69 Å². The number of carbonyl (C=O) groups is 1. The standard InChI is InChI=1S/C18H25N3O3/c1-5-13(3)18(4,24)11-19-17(23)15-10-16(22)21(20-15)14-8-6-12(2)7-9-14/h6-10,13,20,24H,5,11H2,1-4H3,(H,19,23). The number of amides is 1. The van der Waals surface area contributed by atoms with Gasteiger partial charge in [-0.05, 0) is 31.9 Å². The number of aromatic amines is 1. The number of carbonyl (C=O) groups excluding carboxylic acids is 1. The van der Waals surface area contributed by atoms with Crippen molar-refractivity contribution in [2.24, 2.45) is 5.92 Å². The lowest BCUT2D eigenvalue weighted by atomic mass is 9.88. The highest BCUT2D eigenvalue weighted by Crippen LogP contribution is 2.18. The summed E-state index contributed by atoms with van der Waals surface area (Å²) in [5.41, 5.74) is 0.614. The Hall–Kier alpha value is -2.34. The molecular weight excluding hydrogens is 306 g/mol. The van der Waals surface area contributed by atoms with Crippen molar-refractivity contribution in [2.45, 2.75) is 39.7 Å². The van der Waals surface area contributed by atoms with Gasteiger partial charge in [0.15, 0.2) is 0 Å². The first-order chi connectivity index (χ1) is 11.2. The van der Waals surface area contributed by atoms with Crippen LogP contribution in [0.2, 0.25) is 0 Å². The Bertz CT molecular complexity index is 757. The largest absolute Gasteiger partial charge is 0.388 e. The molecule has 6 heteroatoms. The molecule has 0 aliphatic heterocycles. The maximum Gasteiger partial charge on any atom is 0.271 e. The SMILES string of the molecule is CCC(C)C(C)(O)CNC(=O)c1cc(=O)n(-c2ccc(C)cc2)[nH]1. The molecule has 1 aromatic carbocycles. The van der Waals surface area contributed by atoms with E-state index in [9.17, 15) is 14.7 Å². The van der Waals surface area contributed by atoms with Gasteiger partial charge in [-0.2, -0.15) is 0 Å². The molecule has 6 nitrogen and oxygen atoms in total. The zero-order chi connectivity index (χ0) is 17.9. The number of aryl methyl sites for hydroxylation is 1. The van der Waals surface area contributed by atoms with Gasteiger partial charge in [0.05, 0.1) is 11.3 Å². The van der Waals surface area contributed by atoms with Crippen molar-refractivity contribution in [1.29, 1.82) is 0 Å². The summed E-state index contributed by atoms with van der Waals surface area (Å²) < 4.78 is 1.32. The van der Waals surface area contributed by atoms with Gasteiger partial charge in [0.25, 0.3) is 11.5 Å². The van der Waals surface area contributed by atoms with Crippen LogP contribution < -0.4 is 10.9 Å². The van der Waals surface area contributed by atoms with Crippen molar-refractivity contribution >= 4 is 5.91 Å². The summed E-state index contributed by atoms with van der Waals surface area (Å²) in [6, 6.07) is 8.66. The number of aromatic nitrogens is 2. The van der Waals surface area contributed by atoms with Gasteiger partial charge in [-0.3, -0.25) is 14.7 Å². The second-order valence-electron chi connectivity index (χ2n) is 6.53. The third-order valence-corrected chi connectivity index (χ3v) is 4.54. The van der Waals surface area contributed by atoms with Crippen LogP contribution in [0, 0.1) is 12.8 Å². The summed E-state index contributed by atoms with van der Waals surface area (Å²) >= 11 is 0. The Morgan fingerprint density at radius 3 is 2.58 bits per heavy atom. The van der Waals surface area contributed by atoms with Crippen LogP contribution in [0.15, 0.2) is 35.1 Å². The van der Waals surface area contributed by atoms with Crippen molar-refractivity contribution in [2.75, 3.05) is 6.54 Å². The molecular formula is C18H25N3O3. The van der Waals surface area contributed by atoms with E-state index < -0.39 is 11.5 Å². The first-order valence-corrected chi connectivity index (χ1v) is 8.14. The summed E-state index contributed by atoms with van der Waals surface area (Å²) in [6.07, 6.45) is 0.809. The van der Waals surface area contributed by atoms with E-state index in [2.05, 4.69) is 10.4 Å². The van der Waals surface area contributed by atoms with E-state index in [0.29, 0.717) is 5.69 Å². The van der Waals surface area contributed by atoms with Crippen LogP contribution in [-0.2, 0) is 0 Å². The Morgan fingerprint density at radius 1 is 1.38 bits per heavy atom. The van der Waals surface area contributed by atoms with E-state index in [0.717, 1.165) is 12.0 Å². The van der Waals surface area contributed by atoms with E-state index >= 15 is 0 Å². The maximum atomic E-state index is 12.2. The van der Waals surface area contributed by atoms with E-state index in [1.165, 1.54) is 10.7 Å². The predicted molar refractivity (Wildman–Crippen MR) is 93.5 cm³/mol. The molecule has 2 unspecified atom stereocenters. The fourth-order valence-electron chi connectivity index (χ4n) is 2.37. The van der Waals surface area contributed by atoms with Gasteiger partial charge in [0.2, 0.25) is 0 Å². The van der Waals surface area contributed by atoms with Crippen molar-refractivity contribution < 1.29 is 9.90 Å². The molecule has 0 saturated carbocycles. The number of hydrogen-bond donors (Lipinski definition) is 3.